The van der Waals surface area contributed by atoms with Crippen molar-refractivity contribution in [2.45, 2.75) is 38.0 Å². The maximum absolute atomic E-state index is 13.7. The monoisotopic (exact) mass is 267 g/mol. The Kier molecular flexibility index (Phi) is 4.37. The van der Waals surface area contributed by atoms with Crippen LogP contribution < -0.4 is 5.32 Å². The van der Waals surface area contributed by atoms with Gasteiger partial charge in [-0.25, -0.2) is 9.18 Å². The summed E-state index contributed by atoms with van der Waals surface area (Å²) >= 11 is 0. The number of benzene rings is 1. The van der Waals surface area contributed by atoms with Crippen molar-refractivity contribution in [3.63, 3.8) is 0 Å². The maximum Gasteiger partial charge on any atom is 0.407 e. The quantitative estimate of drug-likeness (QED) is 0.892. The van der Waals surface area contributed by atoms with Crippen LogP contribution in [0.3, 0.4) is 0 Å². The van der Waals surface area contributed by atoms with E-state index < -0.39 is 18.3 Å². The molecule has 0 saturated heterocycles. The van der Waals surface area contributed by atoms with Crippen LogP contribution in [0.5, 0.6) is 0 Å². The van der Waals surface area contributed by atoms with E-state index in [1.54, 1.807) is 25.1 Å². The van der Waals surface area contributed by atoms with Gasteiger partial charge in [-0.2, -0.15) is 0 Å². The van der Waals surface area contributed by atoms with Crippen LogP contribution in [0, 0.1) is 5.82 Å². The third kappa shape index (κ3) is 3.67. The number of carbonyl (C=O) groups is 1. The Morgan fingerprint density at radius 3 is 2.68 bits per heavy atom. The summed E-state index contributed by atoms with van der Waals surface area (Å²) in [5.41, 5.74) is 0.386. The Labute approximate surface area is 111 Å². The van der Waals surface area contributed by atoms with Gasteiger partial charge in [0.1, 0.15) is 18.0 Å². The first-order chi connectivity index (χ1) is 9.11. The summed E-state index contributed by atoms with van der Waals surface area (Å²) in [6.45, 7) is 1.69. The van der Waals surface area contributed by atoms with Crippen molar-refractivity contribution in [3.05, 3.63) is 35.6 Å². The lowest BCUT2D eigenvalue weighted by Gasteiger charge is -2.23. The number of halogens is 1. The highest BCUT2D eigenvalue weighted by atomic mass is 19.1. The number of rotatable bonds is 5. The van der Waals surface area contributed by atoms with Gasteiger partial charge in [0.15, 0.2) is 0 Å². The number of carbonyl (C=O) groups excluding carboxylic acids is 1. The fourth-order valence-corrected chi connectivity index (χ4v) is 1.94. The molecule has 0 spiro atoms. The standard InChI is InChI=1S/C14H18FNO3/c1-9(19-14(17)16-10-7-8-10)13(18-2)11-5-3-4-6-12(11)15/h3-6,9-10,13H,7-8H2,1-2H3,(H,16,17)/t9-,13+/m0/s1. The molecular weight excluding hydrogens is 249 g/mol. The van der Waals surface area contributed by atoms with Gasteiger partial charge in [-0.3, -0.25) is 0 Å². The lowest BCUT2D eigenvalue weighted by molar-refractivity contribution is -0.0166. The molecule has 19 heavy (non-hydrogen) atoms. The molecule has 1 aliphatic carbocycles. The third-order valence-corrected chi connectivity index (χ3v) is 3.08. The number of hydrogen-bond donors (Lipinski definition) is 1. The number of nitrogens with one attached hydrogen (secondary N) is 1. The van der Waals surface area contributed by atoms with E-state index in [9.17, 15) is 9.18 Å². The summed E-state index contributed by atoms with van der Waals surface area (Å²) in [6.07, 6.45) is 0.315. The molecule has 1 N–H and O–H groups in total. The van der Waals surface area contributed by atoms with E-state index in [0.717, 1.165) is 12.8 Å². The number of methoxy groups -OCH3 is 1. The van der Waals surface area contributed by atoms with E-state index >= 15 is 0 Å². The highest BCUT2D eigenvalue weighted by molar-refractivity contribution is 5.68. The molecule has 1 amide bonds. The van der Waals surface area contributed by atoms with Crippen molar-refractivity contribution in [3.8, 4) is 0 Å². The molecule has 4 nitrogen and oxygen atoms in total. The Hall–Kier alpha value is -1.62. The Morgan fingerprint density at radius 2 is 2.11 bits per heavy atom. The number of alkyl carbamates (subject to hydrolysis) is 1. The molecule has 2 atom stereocenters. The van der Waals surface area contributed by atoms with Gasteiger partial charge in [-0.1, -0.05) is 18.2 Å². The zero-order valence-corrected chi connectivity index (χ0v) is 11.1. The second-order valence-corrected chi connectivity index (χ2v) is 4.71. The van der Waals surface area contributed by atoms with Crippen LogP contribution >= 0.6 is 0 Å². The van der Waals surface area contributed by atoms with Gasteiger partial charge < -0.3 is 14.8 Å². The maximum atomic E-state index is 13.7. The van der Waals surface area contributed by atoms with E-state index in [1.165, 1.54) is 13.2 Å². The number of hydrogen-bond acceptors (Lipinski definition) is 3. The first-order valence-electron chi connectivity index (χ1n) is 6.36. The predicted molar refractivity (Wildman–Crippen MR) is 68.3 cm³/mol. The molecule has 0 unspecified atom stereocenters. The third-order valence-electron chi connectivity index (χ3n) is 3.08. The molecule has 5 heteroatoms. The van der Waals surface area contributed by atoms with Gasteiger partial charge in [0, 0.05) is 18.7 Å². The van der Waals surface area contributed by atoms with Crippen molar-refractivity contribution in [2.75, 3.05) is 7.11 Å². The minimum atomic E-state index is -0.619. The molecule has 104 valence electrons. The van der Waals surface area contributed by atoms with E-state index in [1.807, 2.05) is 0 Å². The lowest BCUT2D eigenvalue weighted by atomic mass is 10.0. The Morgan fingerprint density at radius 1 is 1.42 bits per heavy atom. The van der Waals surface area contributed by atoms with Crippen LogP contribution in [0.25, 0.3) is 0 Å². The van der Waals surface area contributed by atoms with Crippen molar-refractivity contribution in [1.29, 1.82) is 0 Å². The first kappa shape index (κ1) is 13.8. The normalized spacial score (nSPS) is 17.6. The minimum Gasteiger partial charge on any atom is -0.443 e. The SMILES string of the molecule is CO[C@@H](c1ccccc1F)[C@H](C)OC(=O)NC1CC1. The topological polar surface area (TPSA) is 47.6 Å². The van der Waals surface area contributed by atoms with E-state index in [0.29, 0.717) is 5.56 Å². The molecule has 0 bridgehead atoms. The average molecular weight is 267 g/mol. The number of amides is 1. The fraction of sp³-hybridized carbons (Fsp3) is 0.500. The van der Waals surface area contributed by atoms with Crippen molar-refractivity contribution in [1.82, 2.24) is 5.32 Å². The minimum absolute atomic E-state index is 0.231. The summed E-state index contributed by atoms with van der Waals surface area (Å²) in [4.78, 5) is 11.6. The Balaban J connectivity index is 1.99. The van der Waals surface area contributed by atoms with Gasteiger partial charge in [-0.15, -0.1) is 0 Å². The molecule has 0 radical (unpaired) electrons. The zero-order chi connectivity index (χ0) is 13.8. The largest absolute Gasteiger partial charge is 0.443 e. The molecule has 1 aromatic rings. The zero-order valence-electron chi connectivity index (χ0n) is 11.1. The predicted octanol–water partition coefficient (Wildman–Crippen LogP) is 2.79. The van der Waals surface area contributed by atoms with E-state index in [4.69, 9.17) is 9.47 Å². The van der Waals surface area contributed by atoms with Gasteiger partial charge >= 0.3 is 6.09 Å². The second-order valence-electron chi connectivity index (χ2n) is 4.71. The van der Waals surface area contributed by atoms with Crippen LogP contribution in [-0.2, 0) is 9.47 Å². The van der Waals surface area contributed by atoms with E-state index in [-0.39, 0.29) is 11.9 Å². The summed E-state index contributed by atoms with van der Waals surface area (Å²) in [6, 6.07) is 6.55. The number of ether oxygens (including phenoxy) is 2. The van der Waals surface area contributed by atoms with Crippen LogP contribution in [0.1, 0.15) is 31.4 Å². The van der Waals surface area contributed by atoms with Crippen LogP contribution in [0.2, 0.25) is 0 Å². The molecule has 1 aliphatic rings. The molecule has 0 heterocycles. The lowest BCUT2D eigenvalue weighted by Crippen LogP contribution is -2.32. The van der Waals surface area contributed by atoms with Crippen molar-refractivity contribution < 1.29 is 18.7 Å². The van der Waals surface area contributed by atoms with Gasteiger partial charge in [0.2, 0.25) is 0 Å². The summed E-state index contributed by atoms with van der Waals surface area (Å²) in [7, 11) is 1.47. The fourth-order valence-electron chi connectivity index (χ4n) is 1.94. The molecule has 2 rings (SSSR count). The van der Waals surface area contributed by atoms with Gasteiger partial charge in [0.05, 0.1) is 0 Å². The molecule has 0 aromatic heterocycles. The Bertz CT molecular complexity index is 448. The average Bonchev–Trinajstić information content (AvgIpc) is 3.16. The van der Waals surface area contributed by atoms with Crippen LogP contribution in [0.15, 0.2) is 24.3 Å². The van der Waals surface area contributed by atoms with Crippen LogP contribution in [-0.4, -0.2) is 25.3 Å². The van der Waals surface area contributed by atoms with Gasteiger partial charge in [0.25, 0.3) is 0 Å². The summed E-state index contributed by atoms with van der Waals surface area (Å²) in [5, 5.41) is 2.72. The first-order valence-corrected chi connectivity index (χ1v) is 6.36. The molecule has 1 fully saturated rings. The second kappa shape index (κ2) is 6.02. The van der Waals surface area contributed by atoms with Crippen molar-refractivity contribution >= 4 is 6.09 Å². The van der Waals surface area contributed by atoms with Gasteiger partial charge in [-0.05, 0) is 25.8 Å². The molecular formula is C14H18FNO3. The summed E-state index contributed by atoms with van der Waals surface area (Å²) in [5.74, 6) is -0.368. The molecule has 1 aromatic carbocycles. The van der Waals surface area contributed by atoms with E-state index in [2.05, 4.69) is 5.32 Å². The highest BCUT2D eigenvalue weighted by Crippen LogP contribution is 2.25. The van der Waals surface area contributed by atoms with Crippen molar-refractivity contribution in [2.24, 2.45) is 0 Å². The van der Waals surface area contributed by atoms with Crippen LogP contribution in [0.4, 0.5) is 9.18 Å². The molecule has 1 saturated carbocycles. The summed E-state index contributed by atoms with van der Waals surface area (Å²) < 4.78 is 24.2. The highest BCUT2D eigenvalue weighted by Gasteiger charge is 2.28. The smallest absolute Gasteiger partial charge is 0.407 e. The molecule has 0 aliphatic heterocycles.